The number of hydrogen-bond donors (Lipinski definition) is 3. The molecule has 2 aromatic heterocycles. The van der Waals surface area contributed by atoms with Crippen LogP contribution in [0.5, 0.6) is 0 Å². The third-order valence-corrected chi connectivity index (χ3v) is 4.87. The van der Waals surface area contributed by atoms with Crippen LogP contribution in [0.3, 0.4) is 0 Å². The van der Waals surface area contributed by atoms with Crippen LogP contribution in [-0.2, 0) is 13.1 Å². The van der Waals surface area contributed by atoms with Crippen LogP contribution in [0.4, 0.5) is 11.6 Å². The maximum absolute atomic E-state index is 5.50. The minimum absolute atomic E-state index is 0.547. The highest BCUT2D eigenvalue weighted by atomic mass is 15.2. The minimum Gasteiger partial charge on any atom is -0.369 e. The van der Waals surface area contributed by atoms with Crippen molar-refractivity contribution in [3.8, 4) is 0 Å². The highest BCUT2D eigenvalue weighted by Gasteiger charge is 2.12. The summed E-state index contributed by atoms with van der Waals surface area (Å²) in [5, 5.41) is 3.27. The molecule has 3 heterocycles. The summed E-state index contributed by atoms with van der Waals surface area (Å²) < 4.78 is 0. The average molecular weight is 386 g/mol. The largest absolute Gasteiger partial charge is 0.369 e. The second-order valence-electron chi connectivity index (χ2n) is 7.00. The van der Waals surface area contributed by atoms with E-state index in [1.165, 1.54) is 12.8 Å². The predicted octanol–water partition coefficient (Wildman–Crippen LogP) is 2.04. The lowest BCUT2D eigenvalue weighted by Crippen LogP contribution is -2.24. The highest BCUT2D eigenvalue weighted by Crippen LogP contribution is 2.17. The zero-order valence-corrected chi connectivity index (χ0v) is 17.3. The first-order chi connectivity index (χ1) is 13.7. The molecule has 1 fully saturated rings. The first kappa shape index (κ1) is 22.1. The monoisotopic (exact) mass is 385 g/mol. The molecule has 1 aliphatic rings. The first-order valence-electron chi connectivity index (χ1n) is 10.1. The molecule has 1 saturated heterocycles. The molecule has 0 amide bonds. The normalized spacial score (nSPS) is 13.4. The van der Waals surface area contributed by atoms with Crippen molar-refractivity contribution >= 4 is 11.6 Å². The Morgan fingerprint density at radius 2 is 1.64 bits per heavy atom. The Morgan fingerprint density at radius 1 is 1.00 bits per heavy atom. The first-order valence-corrected chi connectivity index (χ1v) is 10.1. The fourth-order valence-corrected chi connectivity index (χ4v) is 2.85. The average Bonchev–Trinajstić information content (AvgIpc) is 3.29. The molecule has 7 heteroatoms. The van der Waals surface area contributed by atoms with Gasteiger partial charge in [-0.25, -0.2) is 9.97 Å². The number of nitrogens with one attached hydrogen (secondary N) is 1. The molecule has 0 aliphatic carbocycles. The van der Waals surface area contributed by atoms with E-state index in [2.05, 4.69) is 51.2 Å². The standard InChI is InChI=1S/C11H20N4.C10H15N3/c1-3-15(2)7-6-13-11-5-4-10(8-12)9-14-11;11-7-9-3-4-10(12-8-9)13-5-1-2-6-13/h4-5,9H,3,6-8,12H2,1-2H3,(H,13,14);3-4,8H,1-2,5-7,11H2. The molecule has 0 saturated carbocycles. The van der Waals surface area contributed by atoms with Crippen molar-refractivity contribution in [3.05, 3.63) is 47.8 Å². The van der Waals surface area contributed by atoms with Crippen molar-refractivity contribution < 1.29 is 0 Å². The van der Waals surface area contributed by atoms with Gasteiger partial charge in [-0.1, -0.05) is 19.1 Å². The molecular weight excluding hydrogens is 350 g/mol. The van der Waals surface area contributed by atoms with Crippen LogP contribution in [0, 0.1) is 0 Å². The Balaban J connectivity index is 0.000000202. The third-order valence-electron chi connectivity index (χ3n) is 4.87. The molecule has 2 aromatic rings. The number of anilines is 2. The Labute approximate surface area is 169 Å². The van der Waals surface area contributed by atoms with Crippen molar-refractivity contribution in [1.29, 1.82) is 0 Å². The summed E-state index contributed by atoms with van der Waals surface area (Å²) in [5.41, 5.74) is 13.2. The van der Waals surface area contributed by atoms with Gasteiger partial charge in [0.1, 0.15) is 11.6 Å². The van der Waals surface area contributed by atoms with Gasteiger partial charge in [0.2, 0.25) is 0 Å². The summed E-state index contributed by atoms with van der Waals surface area (Å²) in [7, 11) is 2.10. The summed E-state index contributed by atoms with van der Waals surface area (Å²) >= 11 is 0. The quantitative estimate of drug-likeness (QED) is 0.640. The zero-order chi connectivity index (χ0) is 20.2. The summed E-state index contributed by atoms with van der Waals surface area (Å²) in [6.07, 6.45) is 6.26. The summed E-state index contributed by atoms with van der Waals surface area (Å²) in [6, 6.07) is 8.08. The van der Waals surface area contributed by atoms with E-state index in [1.807, 2.05) is 24.5 Å². The molecule has 0 radical (unpaired) electrons. The molecule has 0 unspecified atom stereocenters. The lowest BCUT2D eigenvalue weighted by molar-refractivity contribution is 0.367. The van der Waals surface area contributed by atoms with Gasteiger partial charge in [-0.3, -0.25) is 0 Å². The number of pyridine rings is 2. The molecule has 3 rings (SSSR count). The summed E-state index contributed by atoms with van der Waals surface area (Å²) in [4.78, 5) is 13.2. The van der Waals surface area contributed by atoms with Crippen LogP contribution in [-0.4, -0.2) is 54.6 Å². The molecule has 1 aliphatic heterocycles. The third kappa shape index (κ3) is 7.42. The molecule has 5 N–H and O–H groups in total. The molecule has 0 atom stereocenters. The van der Waals surface area contributed by atoms with Gasteiger partial charge in [-0.15, -0.1) is 0 Å². The van der Waals surface area contributed by atoms with E-state index in [0.717, 1.165) is 55.5 Å². The van der Waals surface area contributed by atoms with Gasteiger partial charge in [0.05, 0.1) is 0 Å². The molecule has 154 valence electrons. The van der Waals surface area contributed by atoms with E-state index in [4.69, 9.17) is 11.5 Å². The maximum atomic E-state index is 5.50. The molecular formula is C21H35N7. The van der Waals surface area contributed by atoms with Gasteiger partial charge >= 0.3 is 0 Å². The predicted molar refractivity (Wildman–Crippen MR) is 117 cm³/mol. The van der Waals surface area contributed by atoms with Gasteiger partial charge in [-0.2, -0.15) is 0 Å². The van der Waals surface area contributed by atoms with E-state index in [9.17, 15) is 0 Å². The van der Waals surface area contributed by atoms with E-state index in [0.29, 0.717) is 13.1 Å². The summed E-state index contributed by atoms with van der Waals surface area (Å²) in [5.74, 6) is 2.01. The van der Waals surface area contributed by atoms with E-state index < -0.39 is 0 Å². The fraction of sp³-hybridized carbons (Fsp3) is 0.524. The topological polar surface area (TPSA) is 96.3 Å². The van der Waals surface area contributed by atoms with Crippen molar-refractivity contribution in [2.24, 2.45) is 11.5 Å². The zero-order valence-electron chi connectivity index (χ0n) is 17.3. The van der Waals surface area contributed by atoms with Gasteiger partial charge in [-0.05, 0) is 49.7 Å². The second-order valence-corrected chi connectivity index (χ2v) is 7.00. The van der Waals surface area contributed by atoms with Crippen molar-refractivity contribution in [2.45, 2.75) is 32.9 Å². The maximum Gasteiger partial charge on any atom is 0.128 e. The molecule has 0 bridgehead atoms. The molecule has 0 spiro atoms. The van der Waals surface area contributed by atoms with Crippen LogP contribution < -0.4 is 21.7 Å². The van der Waals surface area contributed by atoms with E-state index >= 15 is 0 Å². The number of nitrogens with two attached hydrogens (primary N) is 2. The SMILES string of the molecule is CCN(C)CCNc1ccc(CN)cn1.NCc1ccc(N2CCCC2)nc1. The van der Waals surface area contributed by atoms with Crippen LogP contribution >= 0.6 is 0 Å². The van der Waals surface area contributed by atoms with Gasteiger partial charge in [0, 0.05) is 51.7 Å². The van der Waals surface area contributed by atoms with Crippen molar-refractivity contribution in [3.63, 3.8) is 0 Å². The smallest absolute Gasteiger partial charge is 0.128 e. The molecule has 28 heavy (non-hydrogen) atoms. The van der Waals surface area contributed by atoms with Crippen molar-refractivity contribution in [2.75, 3.05) is 50.0 Å². The minimum atomic E-state index is 0.547. The van der Waals surface area contributed by atoms with Crippen molar-refractivity contribution in [1.82, 2.24) is 14.9 Å². The van der Waals surface area contributed by atoms with Gasteiger partial charge in [0.15, 0.2) is 0 Å². The van der Waals surface area contributed by atoms with Crippen LogP contribution in [0.25, 0.3) is 0 Å². The number of rotatable bonds is 8. The number of aromatic nitrogens is 2. The Morgan fingerprint density at radius 3 is 2.14 bits per heavy atom. The van der Waals surface area contributed by atoms with Crippen LogP contribution in [0.2, 0.25) is 0 Å². The number of likely N-dealkylation sites (N-methyl/N-ethyl adjacent to an activating group) is 1. The lowest BCUT2D eigenvalue weighted by Gasteiger charge is -2.15. The second kappa shape index (κ2) is 12.3. The Kier molecular flexibility index (Phi) is 9.68. The molecule has 7 nitrogen and oxygen atoms in total. The van der Waals surface area contributed by atoms with Gasteiger partial charge < -0.3 is 26.6 Å². The van der Waals surface area contributed by atoms with Crippen LogP contribution in [0.1, 0.15) is 30.9 Å². The highest BCUT2D eigenvalue weighted by molar-refractivity contribution is 5.40. The lowest BCUT2D eigenvalue weighted by atomic mass is 10.3. The molecule has 0 aromatic carbocycles. The number of hydrogen-bond acceptors (Lipinski definition) is 7. The van der Waals surface area contributed by atoms with E-state index in [-0.39, 0.29) is 0 Å². The van der Waals surface area contributed by atoms with Gasteiger partial charge in [0.25, 0.3) is 0 Å². The Hall–Kier alpha value is -2.22. The van der Waals surface area contributed by atoms with Crippen LogP contribution in [0.15, 0.2) is 36.7 Å². The van der Waals surface area contributed by atoms with E-state index in [1.54, 1.807) is 0 Å². The number of nitrogens with zero attached hydrogens (tertiary/aromatic N) is 4. The summed E-state index contributed by atoms with van der Waals surface area (Å²) in [6.45, 7) is 8.58. The Bertz CT molecular complexity index is 651. The fourth-order valence-electron chi connectivity index (χ4n) is 2.85.